The van der Waals surface area contributed by atoms with Crippen molar-refractivity contribution in [1.82, 2.24) is 4.90 Å². The van der Waals surface area contributed by atoms with E-state index in [4.69, 9.17) is 15.2 Å². The highest BCUT2D eigenvalue weighted by Crippen LogP contribution is 2.30. The Bertz CT molecular complexity index is 543. The lowest BCUT2D eigenvalue weighted by molar-refractivity contribution is 0.00836. The number of hydrogen-bond donors (Lipinski definition) is 1. The summed E-state index contributed by atoms with van der Waals surface area (Å²) in [5.41, 5.74) is 6.17. The second-order valence-electron chi connectivity index (χ2n) is 6.76. The standard InChI is InChI=1S/C19H28N2O3.ClH/c20-10-3-13-23-16-8-11-21(12-9-16)19(22)17-4-1-2-5-18(17)24-14-15-6-7-15;/h1-2,4-5,15-16H,3,6-14,20H2;1H. The van der Waals surface area contributed by atoms with Gasteiger partial charge in [0.1, 0.15) is 5.75 Å². The van der Waals surface area contributed by atoms with Crippen molar-refractivity contribution in [3.63, 3.8) is 0 Å². The molecule has 1 saturated carbocycles. The Morgan fingerprint density at radius 1 is 1.16 bits per heavy atom. The summed E-state index contributed by atoms with van der Waals surface area (Å²) in [6, 6.07) is 7.60. The van der Waals surface area contributed by atoms with E-state index in [1.165, 1.54) is 12.8 Å². The molecule has 1 aromatic rings. The molecule has 0 bridgehead atoms. The summed E-state index contributed by atoms with van der Waals surface area (Å²) in [6.45, 7) is 3.58. The van der Waals surface area contributed by atoms with Crippen LogP contribution in [0.4, 0.5) is 0 Å². The molecule has 0 unspecified atom stereocenters. The molecule has 6 heteroatoms. The number of carbonyl (C=O) groups is 1. The van der Waals surface area contributed by atoms with Gasteiger partial charge in [0.05, 0.1) is 18.3 Å². The lowest BCUT2D eigenvalue weighted by Gasteiger charge is -2.32. The molecular formula is C19H29ClN2O3. The molecule has 2 N–H and O–H groups in total. The van der Waals surface area contributed by atoms with Crippen molar-refractivity contribution in [2.75, 3.05) is 32.8 Å². The van der Waals surface area contributed by atoms with Crippen LogP contribution in [-0.4, -0.2) is 49.8 Å². The molecule has 1 aliphatic heterocycles. The van der Waals surface area contributed by atoms with E-state index in [2.05, 4.69) is 0 Å². The van der Waals surface area contributed by atoms with Crippen LogP contribution in [0.1, 0.15) is 42.5 Å². The zero-order chi connectivity index (χ0) is 16.8. The number of likely N-dealkylation sites (tertiary alicyclic amines) is 1. The molecule has 3 rings (SSSR count). The minimum Gasteiger partial charge on any atom is -0.492 e. The van der Waals surface area contributed by atoms with E-state index < -0.39 is 0 Å². The number of rotatable bonds is 8. The first-order chi connectivity index (χ1) is 11.8. The Kier molecular flexibility index (Phi) is 8.00. The van der Waals surface area contributed by atoms with Crippen LogP contribution in [-0.2, 0) is 4.74 Å². The summed E-state index contributed by atoms with van der Waals surface area (Å²) < 4.78 is 11.7. The number of nitrogens with zero attached hydrogens (tertiary/aromatic N) is 1. The molecule has 0 aromatic heterocycles. The van der Waals surface area contributed by atoms with Gasteiger partial charge in [0, 0.05) is 19.7 Å². The number of carbonyl (C=O) groups excluding carboxylic acids is 1. The summed E-state index contributed by atoms with van der Waals surface area (Å²) >= 11 is 0. The quantitative estimate of drug-likeness (QED) is 0.716. The maximum Gasteiger partial charge on any atom is 0.257 e. The van der Waals surface area contributed by atoms with Crippen LogP contribution in [0, 0.1) is 5.92 Å². The van der Waals surface area contributed by atoms with E-state index >= 15 is 0 Å². The maximum atomic E-state index is 12.8. The predicted octanol–water partition coefficient (Wildman–Crippen LogP) is 2.87. The molecule has 1 aliphatic carbocycles. The summed E-state index contributed by atoms with van der Waals surface area (Å²) in [6.07, 6.45) is 5.41. The highest BCUT2D eigenvalue weighted by molar-refractivity contribution is 5.97. The molecule has 0 radical (unpaired) electrons. The minimum atomic E-state index is 0. The number of piperidine rings is 1. The second kappa shape index (κ2) is 10.00. The van der Waals surface area contributed by atoms with Gasteiger partial charge < -0.3 is 20.1 Å². The van der Waals surface area contributed by atoms with Gasteiger partial charge in [0.25, 0.3) is 5.91 Å². The van der Waals surface area contributed by atoms with Gasteiger partial charge in [-0.15, -0.1) is 12.4 Å². The SMILES string of the molecule is Cl.NCCCOC1CCN(C(=O)c2ccccc2OCC2CC2)CC1. The normalized spacial score (nSPS) is 17.9. The first-order valence-corrected chi connectivity index (χ1v) is 9.10. The molecule has 0 atom stereocenters. The molecule has 5 nitrogen and oxygen atoms in total. The van der Waals surface area contributed by atoms with Crippen molar-refractivity contribution in [3.8, 4) is 5.75 Å². The van der Waals surface area contributed by atoms with Gasteiger partial charge in [-0.3, -0.25) is 4.79 Å². The Morgan fingerprint density at radius 3 is 2.56 bits per heavy atom. The number of benzene rings is 1. The molecule has 1 heterocycles. The number of nitrogens with two attached hydrogens (primary N) is 1. The number of amides is 1. The highest BCUT2D eigenvalue weighted by Gasteiger charge is 2.27. The van der Waals surface area contributed by atoms with Crippen molar-refractivity contribution < 1.29 is 14.3 Å². The predicted molar refractivity (Wildman–Crippen MR) is 100 cm³/mol. The van der Waals surface area contributed by atoms with Crippen LogP contribution in [0.25, 0.3) is 0 Å². The van der Waals surface area contributed by atoms with Gasteiger partial charge >= 0.3 is 0 Å². The molecule has 1 aromatic carbocycles. The number of hydrogen-bond acceptors (Lipinski definition) is 4. The third kappa shape index (κ3) is 5.87. The van der Waals surface area contributed by atoms with Crippen molar-refractivity contribution >= 4 is 18.3 Å². The van der Waals surface area contributed by atoms with Crippen molar-refractivity contribution in [3.05, 3.63) is 29.8 Å². The van der Waals surface area contributed by atoms with Gasteiger partial charge in [-0.25, -0.2) is 0 Å². The average Bonchev–Trinajstić information content (AvgIpc) is 3.45. The van der Waals surface area contributed by atoms with Crippen LogP contribution in [0.2, 0.25) is 0 Å². The van der Waals surface area contributed by atoms with Crippen molar-refractivity contribution in [2.24, 2.45) is 11.7 Å². The third-order valence-electron chi connectivity index (χ3n) is 4.72. The van der Waals surface area contributed by atoms with Crippen molar-refractivity contribution in [2.45, 2.75) is 38.2 Å². The van der Waals surface area contributed by atoms with Crippen LogP contribution in [0.5, 0.6) is 5.75 Å². The molecule has 2 aliphatic rings. The zero-order valence-corrected chi connectivity index (χ0v) is 15.5. The molecule has 1 saturated heterocycles. The minimum absolute atomic E-state index is 0. The first-order valence-electron chi connectivity index (χ1n) is 9.10. The fourth-order valence-corrected chi connectivity index (χ4v) is 2.99. The summed E-state index contributed by atoms with van der Waals surface area (Å²) in [7, 11) is 0. The smallest absolute Gasteiger partial charge is 0.257 e. The van der Waals surface area contributed by atoms with Crippen LogP contribution < -0.4 is 10.5 Å². The number of ether oxygens (including phenoxy) is 2. The Hall–Kier alpha value is -1.30. The monoisotopic (exact) mass is 368 g/mol. The van der Waals surface area contributed by atoms with E-state index in [0.29, 0.717) is 24.6 Å². The average molecular weight is 369 g/mol. The molecule has 140 valence electrons. The largest absolute Gasteiger partial charge is 0.492 e. The first kappa shape index (κ1) is 20.0. The number of para-hydroxylation sites is 1. The molecular weight excluding hydrogens is 340 g/mol. The second-order valence-corrected chi connectivity index (χ2v) is 6.76. The fraction of sp³-hybridized carbons (Fsp3) is 0.632. The van der Waals surface area contributed by atoms with Gasteiger partial charge in [0.15, 0.2) is 0 Å². The van der Waals surface area contributed by atoms with E-state index in [1.54, 1.807) is 0 Å². The Balaban J connectivity index is 0.00000225. The van der Waals surface area contributed by atoms with E-state index in [1.807, 2.05) is 29.2 Å². The Labute approximate surface area is 156 Å². The lowest BCUT2D eigenvalue weighted by Crippen LogP contribution is -2.41. The van der Waals surface area contributed by atoms with E-state index in [-0.39, 0.29) is 24.4 Å². The fourth-order valence-electron chi connectivity index (χ4n) is 2.99. The Morgan fingerprint density at radius 2 is 1.88 bits per heavy atom. The number of halogens is 1. The zero-order valence-electron chi connectivity index (χ0n) is 14.7. The summed E-state index contributed by atoms with van der Waals surface area (Å²) in [4.78, 5) is 14.8. The summed E-state index contributed by atoms with van der Waals surface area (Å²) in [5.74, 6) is 1.46. The van der Waals surface area contributed by atoms with Crippen LogP contribution >= 0.6 is 12.4 Å². The van der Waals surface area contributed by atoms with Gasteiger partial charge in [-0.1, -0.05) is 12.1 Å². The summed E-state index contributed by atoms with van der Waals surface area (Å²) in [5, 5.41) is 0. The van der Waals surface area contributed by atoms with Crippen LogP contribution in [0.3, 0.4) is 0 Å². The van der Waals surface area contributed by atoms with E-state index in [0.717, 1.165) is 44.7 Å². The van der Waals surface area contributed by atoms with Crippen molar-refractivity contribution in [1.29, 1.82) is 0 Å². The molecule has 0 spiro atoms. The maximum absolute atomic E-state index is 12.8. The van der Waals surface area contributed by atoms with E-state index in [9.17, 15) is 4.79 Å². The topological polar surface area (TPSA) is 64.8 Å². The molecule has 2 fully saturated rings. The van der Waals surface area contributed by atoms with Gasteiger partial charge in [-0.05, 0) is 56.7 Å². The lowest BCUT2D eigenvalue weighted by atomic mass is 10.1. The highest BCUT2D eigenvalue weighted by atomic mass is 35.5. The van der Waals surface area contributed by atoms with Gasteiger partial charge in [-0.2, -0.15) is 0 Å². The van der Waals surface area contributed by atoms with Crippen LogP contribution in [0.15, 0.2) is 24.3 Å². The molecule has 25 heavy (non-hydrogen) atoms. The van der Waals surface area contributed by atoms with Gasteiger partial charge in [0.2, 0.25) is 0 Å². The third-order valence-corrected chi connectivity index (χ3v) is 4.72. The molecule has 1 amide bonds.